The number of amides is 1. The van der Waals surface area contributed by atoms with Crippen molar-refractivity contribution in [1.82, 2.24) is 4.90 Å². The van der Waals surface area contributed by atoms with Crippen molar-refractivity contribution in [2.75, 3.05) is 13.7 Å². The van der Waals surface area contributed by atoms with E-state index in [4.69, 9.17) is 9.84 Å². The minimum absolute atomic E-state index is 0.0693. The maximum absolute atomic E-state index is 12.7. The number of carbonyl (C=O) groups is 2. The van der Waals surface area contributed by atoms with Crippen molar-refractivity contribution in [3.8, 4) is 5.75 Å². The molecule has 2 atom stereocenters. The zero-order valence-corrected chi connectivity index (χ0v) is 14.5. The Balaban J connectivity index is 1.99. The minimum atomic E-state index is -0.794. The Labute approximate surface area is 143 Å². The molecular formula is C19H27NO4. The maximum atomic E-state index is 12.7. The Morgan fingerprint density at radius 3 is 2.88 bits per heavy atom. The monoisotopic (exact) mass is 333 g/mol. The van der Waals surface area contributed by atoms with Gasteiger partial charge in [0.15, 0.2) is 0 Å². The van der Waals surface area contributed by atoms with Crippen molar-refractivity contribution >= 4 is 11.9 Å². The Kier molecular flexibility index (Phi) is 6.64. The van der Waals surface area contributed by atoms with Crippen LogP contribution in [0.3, 0.4) is 0 Å². The van der Waals surface area contributed by atoms with Crippen LogP contribution >= 0.6 is 0 Å². The highest BCUT2D eigenvalue weighted by Gasteiger charge is 2.28. The van der Waals surface area contributed by atoms with Gasteiger partial charge in [-0.1, -0.05) is 19.1 Å². The Hall–Kier alpha value is -2.04. The van der Waals surface area contributed by atoms with Crippen LogP contribution < -0.4 is 4.74 Å². The van der Waals surface area contributed by atoms with Crippen LogP contribution in [0.4, 0.5) is 0 Å². The summed E-state index contributed by atoms with van der Waals surface area (Å²) in [4.78, 5) is 25.5. The molecule has 1 aromatic carbocycles. The Morgan fingerprint density at radius 2 is 2.17 bits per heavy atom. The Bertz CT molecular complexity index is 572. The van der Waals surface area contributed by atoms with Crippen LogP contribution in [-0.4, -0.2) is 41.6 Å². The number of benzene rings is 1. The van der Waals surface area contributed by atoms with Crippen molar-refractivity contribution in [2.45, 2.75) is 57.4 Å². The third kappa shape index (κ3) is 4.98. The van der Waals surface area contributed by atoms with E-state index in [-0.39, 0.29) is 24.3 Å². The van der Waals surface area contributed by atoms with E-state index < -0.39 is 5.97 Å². The van der Waals surface area contributed by atoms with Crippen LogP contribution in [0, 0.1) is 0 Å². The molecule has 132 valence electrons. The second kappa shape index (κ2) is 8.71. The third-order valence-corrected chi connectivity index (χ3v) is 4.78. The van der Waals surface area contributed by atoms with Gasteiger partial charge in [0.25, 0.3) is 0 Å². The van der Waals surface area contributed by atoms with E-state index in [1.807, 2.05) is 36.1 Å². The lowest BCUT2D eigenvalue weighted by atomic mass is 9.93. The molecule has 0 saturated carbocycles. The minimum Gasteiger partial charge on any atom is -0.497 e. The molecule has 0 unspecified atom stereocenters. The fraction of sp³-hybridized carbons (Fsp3) is 0.579. The number of aliphatic carboxylic acids is 1. The van der Waals surface area contributed by atoms with Crippen molar-refractivity contribution in [3.63, 3.8) is 0 Å². The lowest BCUT2D eigenvalue weighted by Crippen LogP contribution is -2.44. The van der Waals surface area contributed by atoms with Gasteiger partial charge in [0, 0.05) is 25.4 Å². The quantitative estimate of drug-likeness (QED) is 0.830. The first-order valence-corrected chi connectivity index (χ1v) is 8.66. The average Bonchev–Trinajstić information content (AvgIpc) is 2.60. The lowest BCUT2D eigenvalue weighted by Gasteiger charge is -2.36. The zero-order chi connectivity index (χ0) is 17.5. The zero-order valence-electron chi connectivity index (χ0n) is 14.5. The van der Waals surface area contributed by atoms with Gasteiger partial charge >= 0.3 is 5.97 Å². The molecule has 1 N–H and O–H groups in total. The van der Waals surface area contributed by atoms with Gasteiger partial charge < -0.3 is 14.7 Å². The number of methoxy groups -OCH3 is 1. The van der Waals surface area contributed by atoms with Gasteiger partial charge in [-0.3, -0.25) is 9.59 Å². The number of carboxylic acids is 1. The normalized spacial score (nSPS) is 18.9. The van der Waals surface area contributed by atoms with E-state index in [0.29, 0.717) is 12.8 Å². The topological polar surface area (TPSA) is 66.8 Å². The van der Waals surface area contributed by atoms with Crippen molar-refractivity contribution < 1.29 is 19.4 Å². The summed E-state index contributed by atoms with van der Waals surface area (Å²) in [6.07, 6.45) is 4.10. The molecule has 0 bridgehead atoms. The van der Waals surface area contributed by atoms with Gasteiger partial charge in [-0.2, -0.15) is 0 Å². The molecule has 0 radical (unpaired) electrons. The van der Waals surface area contributed by atoms with E-state index in [1.165, 1.54) is 0 Å². The summed E-state index contributed by atoms with van der Waals surface area (Å²) < 4.78 is 5.25. The number of hydrogen-bond donors (Lipinski definition) is 1. The number of hydrogen-bond acceptors (Lipinski definition) is 3. The van der Waals surface area contributed by atoms with Crippen LogP contribution in [0.15, 0.2) is 24.3 Å². The van der Waals surface area contributed by atoms with Gasteiger partial charge in [0.2, 0.25) is 5.91 Å². The molecule has 1 amide bonds. The smallest absolute Gasteiger partial charge is 0.303 e. The predicted molar refractivity (Wildman–Crippen MR) is 92.2 cm³/mol. The molecule has 1 heterocycles. The second-order valence-electron chi connectivity index (χ2n) is 6.55. The van der Waals surface area contributed by atoms with E-state index in [9.17, 15) is 9.59 Å². The van der Waals surface area contributed by atoms with Gasteiger partial charge in [-0.25, -0.2) is 0 Å². The van der Waals surface area contributed by atoms with Crippen molar-refractivity contribution in [3.05, 3.63) is 29.8 Å². The molecule has 5 nitrogen and oxygen atoms in total. The van der Waals surface area contributed by atoms with Gasteiger partial charge in [0.05, 0.1) is 7.11 Å². The number of piperidine rings is 1. The predicted octanol–water partition coefficient (Wildman–Crippen LogP) is 3.43. The lowest BCUT2D eigenvalue weighted by molar-refractivity contribution is -0.140. The standard InChI is InChI=1S/C19H27NO4/c1-14(15-6-5-8-17(13-15)24-2)12-18(21)20-11-4-3-7-16(20)9-10-19(22)23/h5-6,8,13-14,16H,3-4,7,9-12H2,1-2H3,(H,22,23)/t14-,16-/m1/s1. The molecule has 24 heavy (non-hydrogen) atoms. The highest BCUT2D eigenvalue weighted by atomic mass is 16.5. The molecule has 0 aromatic heterocycles. The van der Waals surface area contributed by atoms with Crippen LogP contribution in [0.25, 0.3) is 0 Å². The van der Waals surface area contributed by atoms with E-state index in [1.54, 1.807) is 7.11 Å². The van der Waals surface area contributed by atoms with Gasteiger partial charge in [-0.15, -0.1) is 0 Å². The summed E-state index contributed by atoms with van der Waals surface area (Å²) in [6.45, 7) is 2.79. The molecule has 0 spiro atoms. The van der Waals surface area contributed by atoms with Crippen LogP contribution in [-0.2, 0) is 9.59 Å². The maximum Gasteiger partial charge on any atom is 0.303 e. The summed E-state index contributed by atoms with van der Waals surface area (Å²) in [5.74, 6) is 0.233. The molecular weight excluding hydrogens is 306 g/mol. The SMILES string of the molecule is COc1cccc([C@H](C)CC(=O)N2CCCC[C@@H]2CCC(=O)O)c1. The summed E-state index contributed by atoms with van der Waals surface area (Å²) in [5, 5.41) is 8.90. The first-order valence-electron chi connectivity index (χ1n) is 8.66. The van der Waals surface area contributed by atoms with E-state index in [2.05, 4.69) is 0 Å². The number of rotatable bonds is 7. The first-order chi connectivity index (χ1) is 11.5. The molecule has 1 fully saturated rings. The first kappa shape index (κ1) is 18.3. The summed E-state index contributed by atoms with van der Waals surface area (Å²) in [6, 6.07) is 7.88. The highest BCUT2D eigenvalue weighted by molar-refractivity contribution is 5.77. The summed E-state index contributed by atoms with van der Waals surface area (Å²) in [7, 11) is 1.63. The fourth-order valence-corrected chi connectivity index (χ4v) is 3.36. The van der Waals surface area contributed by atoms with E-state index in [0.717, 1.165) is 37.1 Å². The van der Waals surface area contributed by atoms with Crippen molar-refractivity contribution in [2.24, 2.45) is 0 Å². The van der Waals surface area contributed by atoms with Gasteiger partial charge in [0.1, 0.15) is 5.75 Å². The number of carboxylic acid groups (broad SMARTS) is 1. The van der Waals surface area contributed by atoms with E-state index >= 15 is 0 Å². The molecule has 2 rings (SSSR count). The van der Waals surface area contributed by atoms with Crippen LogP contribution in [0.5, 0.6) is 5.75 Å². The highest BCUT2D eigenvalue weighted by Crippen LogP contribution is 2.27. The number of nitrogens with zero attached hydrogens (tertiary/aromatic N) is 1. The number of carbonyl (C=O) groups excluding carboxylic acids is 1. The number of likely N-dealkylation sites (tertiary alicyclic amines) is 1. The third-order valence-electron chi connectivity index (χ3n) is 4.78. The molecule has 1 saturated heterocycles. The molecule has 5 heteroatoms. The molecule has 0 aliphatic carbocycles. The number of ether oxygens (including phenoxy) is 1. The molecule has 1 aliphatic heterocycles. The van der Waals surface area contributed by atoms with Crippen LogP contribution in [0.2, 0.25) is 0 Å². The van der Waals surface area contributed by atoms with Crippen molar-refractivity contribution in [1.29, 1.82) is 0 Å². The second-order valence-corrected chi connectivity index (χ2v) is 6.55. The Morgan fingerprint density at radius 1 is 1.38 bits per heavy atom. The molecule has 1 aromatic rings. The van der Waals surface area contributed by atoms with Gasteiger partial charge in [-0.05, 0) is 49.3 Å². The summed E-state index contributed by atoms with van der Waals surface area (Å²) >= 11 is 0. The largest absolute Gasteiger partial charge is 0.497 e. The summed E-state index contributed by atoms with van der Waals surface area (Å²) in [5.41, 5.74) is 1.08. The van der Waals surface area contributed by atoms with Crippen LogP contribution in [0.1, 0.15) is 56.9 Å². The average molecular weight is 333 g/mol. The fourth-order valence-electron chi connectivity index (χ4n) is 3.36. The molecule has 1 aliphatic rings.